The Labute approximate surface area is 113 Å². The molecule has 1 aliphatic rings. The van der Waals surface area contributed by atoms with E-state index in [9.17, 15) is 8.42 Å². The predicted octanol–water partition coefficient (Wildman–Crippen LogP) is 1.68. The number of rotatable bonds is 3. The van der Waals surface area contributed by atoms with Crippen molar-refractivity contribution in [1.82, 2.24) is 10.0 Å². The van der Waals surface area contributed by atoms with Crippen molar-refractivity contribution in [2.45, 2.75) is 30.7 Å². The molecule has 0 radical (unpaired) electrons. The topological polar surface area (TPSA) is 58.2 Å². The maximum absolute atomic E-state index is 12.3. The van der Waals surface area contributed by atoms with Crippen molar-refractivity contribution in [3.63, 3.8) is 0 Å². The van der Waals surface area contributed by atoms with Gasteiger partial charge in [0.05, 0.1) is 5.02 Å². The summed E-state index contributed by atoms with van der Waals surface area (Å²) in [6.45, 7) is 3.41. The Balaban J connectivity index is 2.22. The Hall–Kier alpha value is -0.620. The molecule has 0 amide bonds. The Morgan fingerprint density at radius 2 is 2.22 bits per heavy atom. The van der Waals surface area contributed by atoms with E-state index in [0.717, 1.165) is 24.9 Å². The van der Waals surface area contributed by atoms with E-state index in [1.807, 2.05) is 0 Å². The molecule has 1 aliphatic heterocycles. The van der Waals surface area contributed by atoms with Crippen LogP contribution in [0.25, 0.3) is 0 Å². The van der Waals surface area contributed by atoms with Crippen LogP contribution in [0.1, 0.15) is 18.4 Å². The first-order chi connectivity index (χ1) is 8.50. The van der Waals surface area contributed by atoms with Crippen molar-refractivity contribution in [3.05, 3.63) is 28.8 Å². The highest BCUT2D eigenvalue weighted by Crippen LogP contribution is 2.24. The van der Waals surface area contributed by atoms with Crippen molar-refractivity contribution in [3.8, 4) is 0 Å². The number of benzene rings is 1. The van der Waals surface area contributed by atoms with E-state index < -0.39 is 10.0 Å². The van der Waals surface area contributed by atoms with Crippen LogP contribution in [0.5, 0.6) is 0 Å². The molecule has 2 rings (SSSR count). The zero-order chi connectivity index (χ0) is 13.2. The van der Waals surface area contributed by atoms with E-state index in [2.05, 4.69) is 10.0 Å². The molecule has 100 valence electrons. The van der Waals surface area contributed by atoms with Crippen LogP contribution in [0.3, 0.4) is 0 Å². The van der Waals surface area contributed by atoms with Crippen molar-refractivity contribution < 1.29 is 8.42 Å². The van der Waals surface area contributed by atoms with Gasteiger partial charge in [0, 0.05) is 12.6 Å². The number of aryl methyl sites for hydroxylation is 1. The second-order valence-corrected chi connectivity index (χ2v) is 6.61. The second-order valence-electron chi connectivity index (χ2n) is 4.55. The Kier molecular flexibility index (Phi) is 4.27. The molecular weight excluding hydrogens is 272 g/mol. The standard InChI is InChI=1S/C12H17ClN2O2S/c1-9-4-2-6-11(12(9)13)18(16,17)15-10-5-3-7-14-8-10/h2,4,6,10,14-15H,3,5,7-8H2,1H3. The minimum atomic E-state index is -3.54. The van der Waals surface area contributed by atoms with Gasteiger partial charge in [0.1, 0.15) is 4.90 Å². The van der Waals surface area contributed by atoms with Gasteiger partial charge in [0.2, 0.25) is 10.0 Å². The lowest BCUT2D eigenvalue weighted by Crippen LogP contribution is -2.45. The third kappa shape index (κ3) is 3.03. The molecule has 2 N–H and O–H groups in total. The lowest BCUT2D eigenvalue weighted by molar-refractivity contribution is 0.428. The number of hydrogen-bond acceptors (Lipinski definition) is 3. The zero-order valence-electron chi connectivity index (χ0n) is 10.2. The molecule has 1 unspecified atom stereocenters. The van der Waals surface area contributed by atoms with Gasteiger partial charge < -0.3 is 5.32 Å². The fraction of sp³-hybridized carbons (Fsp3) is 0.500. The van der Waals surface area contributed by atoms with Gasteiger partial charge in [-0.1, -0.05) is 23.7 Å². The van der Waals surface area contributed by atoms with Crippen LogP contribution in [0.4, 0.5) is 0 Å². The first-order valence-electron chi connectivity index (χ1n) is 5.99. The molecule has 1 aromatic carbocycles. The van der Waals surface area contributed by atoms with E-state index in [-0.39, 0.29) is 10.9 Å². The van der Waals surface area contributed by atoms with Crippen LogP contribution in [0.2, 0.25) is 5.02 Å². The maximum Gasteiger partial charge on any atom is 0.242 e. The highest BCUT2D eigenvalue weighted by molar-refractivity contribution is 7.89. The third-order valence-electron chi connectivity index (χ3n) is 3.06. The number of piperidine rings is 1. The van der Waals surface area contributed by atoms with E-state index >= 15 is 0 Å². The summed E-state index contributed by atoms with van der Waals surface area (Å²) in [4.78, 5) is 0.162. The van der Waals surface area contributed by atoms with E-state index in [1.165, 1.54) is 6.07 Å². The minimum Gasteiger partial charge on any atom is -0.315 e. The summed E-state index contributed by atoms with van der Waals surface area (Å²) in [5.74, 6) is 0. The molecular formula is C12H17ClN2O2S. The van der Waals surface area contributed by atoms with Crippen LogP contribution in [-0.2, 0) is 10.0 Å². The van der Waals surface area contributed by atoms with Crippen LogP contribution in [0, 0.1) is 6.92 Å². The molecule has 1 aromatic rings. The molecule has 18 heavy (non-hydrogen) atoms. The van der Waals surface area contributed by atoms with Crippen LogP contribution < -0.4 is 10.0 Å². The highest BCUT2D eigenvalue weighted by Gasteiger charge is 2.23. The summed E-state index contributed by atoms with van der Waals surface area (Å²) >= 11 is 6.06. The first kappa shape index (κ1) is 13.8. The summed E-state index contributed by atoms with van der Waals surface area (Å²) in [5, 5.41) is 3.47. The average Bonchev–Trinajstić information content (AvgIpc) is 2.33. The molecule has 0 aliphatic carbocycles. The second kappa shape index (κ2) is 5.57. The zero-order valence-corrected chi connectivity index (χ0v) is 11.8. The average molecular weight is 289 g/mol. The van der Waals surface area contributed by atoms with Crippen molar-refractivity contribution in [2.24, 2.45) is 0 Å². The fourth-order valence-electron chi connectivity index (χ4n) is 2.06. The normalized spacial score (nSPS) is 20.9. The largest absolute Gasteiger partial charge is 0.315 e. The monoisotopic (exact) mass is 288 g/mol. The molecule has 6 heteroatoms. The molecule has 1 fully saturated rings. The van der Waals surface area contributed by atoms with Gasteiger partial charge in [-0.05, 0) is 37.9 Å². The smallest absolute Gasteiger partial charge is 0.242 e. The Morgan fingerprint density at radius 3 is 2.89 bits per heavy atom. The van der Waals surface area contributed by atoms with E-state index in [4.69, 9.17) is 11.6 Å². The van der Waals surface area contributed by atoms with Crippen molar-refractivity contribution >= 4 is 21.6 Å². The number of sulfonamides is 1. The highest BCUT2D eigenvalue weighted by atomic mass is 35.5. The summed E-state index contributed by atoms with van der Waals surface area (Å²) in [6.07, 6.45) is 1.84. The van der Waals surface area contributed by atoms with E-state index in [0.29, 0.717) is 11.6 Å². The van der Waals surface area contributed by atoms with Gasteiger partial charge in [-0.15, -0.1) is 0 Å². The molecule has 0 spiro atoms. The van der Waals surface area contributed by atoms with Crippen LogP contribution in [-0.4, -0.2) is 27.5 Å². The minimum absolute atomic E-state index is 0.0553. The maximum atomic E-state index is 12.3. The third-order valence-corrected chi connectivity index (χ3v) is 5.24. The number of nitrogens with one attached hydrogen (secondary N) is 2. The SMILES string of the molecule is Cc1cccc(S(=O)(=O)NC2CCCNC2)c1Cl. The quantitative estimate of drug-likeness (QED) is 0.890. The molecule has 1 saturated heterocycles. The molecule has 1 heterocycles. The van der Waals surface area contributed by atoms with Crippen LogP contribution in [0.15, 0.2) is 23.1 Å². The van der Waals surface area contributed by atoms with Gasteiger partial charge in [-0.25, -0.2) is 13.1 Å². The van der Waals surface area contributed by atoms with Gasteiger partial charge in [-0.2, -0.15) is 0 Å². The van der Waals surface area contributed by atoms with E-state index in [1.54, 1.807) is 19.1 Å². The number of hydrogen-bond donors (Lipinski definition) is 2. The fourth-order valence-corrected chi connectivity index (χ4v) is 3.92. The molecule has 1 atom stereocenters. The number of halogens is 1. The lowest BCUT2D eigenvalue weighted by Gasteiger charge is -2.23. The Morgan fingerprint density at radius 1 is 1.44 bits per heavy atom. The predicted molar refractivity (Wildman–Crippen MR) is 72.4 cm³/mol. The van der Waals surface area contributed by atoms with Gasteiger partial charge in [-0.3, -0.25) is 0 Å². The molecule has 4 nitrogen and oxygen atoms in total. The van der Waals surface area contributed by atoms with Crippen molar-refractivity contribution in [2.75, 3.05) is 13.1 Å². The Bertz CT molecular complexity index is 525. The first-order valence-corrected chi connectivity index (χ1v) is 7.85. The van der Waals surface area contributed by atoms with Gasteiger partial charge in [0.15, 0.2) is 0 Å². The summed E-state index contributed by atoms with van der Waals surface area (Å²) in [5.41, 5.74) is 0.765. The van der Waals surface area contributed by atoms with Crippen molar-refractivity contribution in [1.29, 1.82) is 0 Å². The van der Waals surface area contributed by atoms with Gasteiger partial charge in [0.25, 0.3) is 0 Å². The summed E-state index contributed by atoms with van der Waals surface area (Å²) in [7, 11) is -3.54. The summed E-state index contributed by atoms with van der Waals surface area (Å²) in [6, 6.07) is 4.98. The molecule has 0 saturated carbocycles. The molecule has 0 bridgehead atoms. The lowest BCUT2D eigenvalue weighted by atomic mass is 10.1. The van der Waals surface area contributed by atoms with Crippen LogP contribution >= 0.6 is 11.6 Å². The summed E-state index contributed by atoms with van der Waals surface area (Å²) < 4.78 is 27.2. The molecule has 0 aromatic heterocycles. The van der Waals surface area contributed by atoms with Gasteiger partial charge >= 0.3 is 0 Å².